The number of nitrogens with zero attached hydrogens (tertiary/aromatic N) is 2. The van der Waals surface area contributed by atoms with Gasteiger partial charge in [0.05, 0.1) is 5.52 Å². The van der Waals surface area contributed by atoms with Gasteiger partial charge in [0.25, 0.3) is 0 Å². The largest absolute Gasteiger partial charge is 0.480 e. The zero-order chi connectivity index (χ0) is 13.8. The van der Waals surface area contributed by atoms with Crippen LogP contribution in [0.15, 0.2) is 36.5 Å². The Bertz CT molecular complexity index is 578. The van der Waals surface area contributed by atoms with Gasteiger partial charge in [-0.25, -0.2) is 0 Å². The standard InChI is InChI=1S/C15H18N2O2/c1-3-14(15(18)19)17(2)10-11-8-9-16-13-7-5-4-6-12(11)13/h4-9,14H,3,10H2,1-2H3,(H,18,19). The summed E-state index contributed by atoms with van der Waals surface area (Å²) in [6.07, 6.45) is 2.36. The second-order valence-electron chi connectivity index (χ2n) is 4.66. The number of carboxylic acid groups (broad SMARTS) is 1. The number of benzene rings is 1. The minimum absolute atomic E-state index is 0.452. The average molecular weight is 258 g/mol. The highest BCUT2D eigenvalue weighted by molar-refractivity contribution is 5.81. The Kier molecular flexibility index (Phi) is 4.12. The van der Waals surface area contributed by atoms with Gasteiger partial charge in [0.15, 0.2) is 0 Å². The topological polar surface area (TPSA) is 53.4 Å². The molecule has 2 rings (SSSR count). The Labute approximate surface area is 112 Å². The van der Waals surface area contributed by atoms with Gasteiger partial charge in [0, 0.05) is 18.1 Å². The van der Waals surface area contributed by atoms with Crippen molar-refractivity contribution in [2.24, 2.45) is 0 Å². The number of carbonyl (C=O) groups is 1. The number of para-hydroxylation sites is 1. The van der Waals surface area contributed by atoms with Crippen LogP contribution in [0.25, 0.3) is 10.9 Å². The summed E-state index contributed by atoms with van der Waals surface area (Å²) >= 11 is 0. The lowest BCUT2D eigenvalue weighted by atomic mass is 10.1. The van der Waals surface area contributed by atoms with Gasteiger partial charge in [-0.05, 0) is 31.2 Å². The number of hydrogen-bond donors (Lipinski definition) is 1. The van der Waals surface area contributed by atoms with Crippen molar-refractivity contribution in [3.05, 3.63) is 42.1 Å². The first-order valence-corrected chi connectivity index (χ1v) is 6.39. The Hall–Kier alpha value is -1.94. The minimum atomic E-state index is -0.775. The molecular formula is C15H18N2O2. The van der Waals surface area contributed by atoms with Crippen LogP contribution in [-0.4, -0.2) is 34.0 Å². The number of pyridine rings is 1. The number of carboxylic acids is 1. The molecule has 19 heavy (non-hydrogen) atoms. The van der Waals surface area contributed by atoms with E-state index < -0.39 is 12.0 Å². The molecule has 0 aliphatic rings. The molecule has 0 aliphatic heterocycles. The molecule has 0 saturated heterocycles. The van der Waals surface area contributed by atoms with E-state index in [0.29, 0.717) is 13.0 Å². The Morgan fingerprint density at radius 2 is 2.11 bits per heavy atom. The van der Waals surface area contributed by atoms with Crippen molar-refractivity contribution in [3.8, 4) is 0 Å². The lowest BCUT2D eigenvalue weighted by Crippen LogP contribution is -2.37. The molecule has 100 valence electrons. The molecule has 4 heteroatoms. The number of aromatic nitrogens is 1. The van der Waals surface area contributed by atoms with Gasteiger partial charge in [0.1, 0.15) is 6.04 Å². The molecule has 0 spiro atoms. The Morgan fingerprint density at radius 3 is 2.79 bits per heavy atom. The highest BCUT2D eigenvalue weighted by Crippen LogP contribution is 2.18. The van der Waals surface area contributed by atoms with Crippen molar-refractivity contribution < 1.29 is 9.90 Å². The van der Waals surface area contributed by atoms with Crippen LogP contribution in [0, 0.1) is 0 Å². The molecule has 1 unspecified atom stereocenters. The van der Waals surface area contributed by atoms with Gasteiger partial charge in [0.2, 0.25) is 0 Å². The summed E-state index contributed by atoms with van der Waals surface area (Å²) in [4.78, 5) is 17.4. The molecule has 0 amide bonds. The Morgan fingerprint density at radius 1 is 1.37 bits per heavy atom. The summed E-state index contributed by atoms with van der Waals surface area (Å²) in [6.45, 7) is 2.49. The van der Waals surface area contributed by atoms with Crippen molar-refractivity contribution >= 4 is 16.9 Å². The maximum Gasteiger partial charge on any atom is 0.320 e. The maximum absolute atomic E-state index is 11.2. The first-order valence-electron chi connectivity index (χ1n) is 6.39. The number of rotatable bonds is 5. The lowest BCUT2D eigenvalue weighted by molar-refractivity contribution is -0.143. The van der Waals surface area contributed by atoms with Crippen LogP contribution < -0.4 is 0 Å². The summed E-state index contributed by atoms with van der Waals surface area (Å²) in [5, 5.41) is 10.3. The van der Waals surface area contributed by atoms with Gasteiger partial charge < -0.3 is 5.11 Å². The van der Waals surface area contributed by atoms with Crippen molar-refractivity contribution in [2.75, 3.05) is 7.05 Å². The van der Waals surface area contributed by atoms with Crippen molar-refractivity contribution in [2.45, 2.75) is 25.9 Å². The second kappa shape index (κ2) is 5.80. The molecule has 1 aromatic heterocycles. The van der Waals surface area contributed by atoms with Crippen LogP contribution in [0.4, 0.5) is 0 Å². The fourth-order valence-electron chi connectivity index (χ4n) is 2.35. The summed E-state index contributed by atoms with van der Waals surface area (Å²) in [5.41, 5.74) is 2.05. The molecule has 1 aromatic carbocycles. The third-order valence-corrected chi connectivity index (χ3v) is 3.36. The SMILES string of the molecule is CCC(C(=O)O)N(C)Cc1ccnc2ccccc12. The third-order valence-electron chi connectivity index (χ3n) is 3.36. The molecule has 1 N–H and O–H groups in total. The van der Waals surface area contributed by atoms with E-state index in [0.717, 1.165) is 16.5 Å². The van der Waals surface area contributed by atoms with Crippen LogP contribution in [0.3, 0.4) is 0 Å². The van der Waals surface area contributed by atoms with E-state index in [4.69, 9.17) is 0 Å². The first kappa shape index (κ1) is 13.5. The highest BCUT2D eigenvalue weighted by atomic mass is 16.4. The van der Waals surface area contributed by atoms with Crippen LogP contribution in [-0.2, 0) is 11.3 Å². The highest BCUT2D eigenvalue weighted by Gasteiger charge is 2.20. The fraction of sp³-hybridized carbons (Fsp3) is 0.333. The predicted octanol–water partition coefficient (Wildman–Crippen LogP) is 2.53. The first-order chi connectivity index (χ1) is 9.13. The summed E-state index contributed by atoms with van der Waals surface area (Å²) in [6, 6.07) is 9.41. The summed E-state index contributed by atoms with van der Waals surface area (Å²) in [5.74, 6) is -0.775. The van der Waals surface area contributed by atoms with E-state index >= 15 is 0 Å². The molecule has 0 bridgehead atoms. The second-order valence-corrected chi connectivity index (χ2v) is 4.66. The zero-order valence-corrected chi connectivity index (χ0v) is 11.2. The molecule has 0 aliphatic carbocycles. The average Bonchev–Trinajstić information content (AvgIpc) is 2.39. The number of likely N-dealkylation sites (N-methyl/N-ethyl adjacent to an activating group) is 1. The van der Waals surface area contributed by atoms with Crippen molar-refractivity contribution in [3.63, 3.8) is 0 Å². The zero-order valence-electron chi connectivity index (χ0n) is 11.2. The van der Waals surface area contributed by atoms with Gasteiger partial charge in [-0.1, -0.05) is 25.1 Å². The quantitative estimate of drug-likeness (QED) is 0.895. The van der Waals surface area contributed by atoms with E-state index in [2.05, 4.69) is 4.98 Å². The molecule has 0 fully saturated rings. The predicted molar refractivity (Wildman–Crippen MR) is 74.9 cm³/mol. The fourth-order valence-corrected chi connectivity index (χ4v) is 2.35. The number of hydrogen-bond acceptors (Lipinski definition) is 3. The summed E-state index contributed by atoms with van der Waals surface area (Å²) in [7, 11) is 1.84. The molecule has 2 aromatic rings. The third kappa shape index (κ3) is 2.90. The molecule has 0 radical (unpaired) electrons. The lowest BCUT2D eigenvalue weighted by Gasteiger charge is -2.23. The van der Waals surface area contributed by atoms with Gasteiger partial charge in [-0.15, -0.1) is 0 Å². The molecule has 1 heterocycles. The molecular weight excluding hydrogens is 240 g/mol. The minimum Gasteiger partial charge on any atom is -0.480 e. The van der Waals surface area contributed by atoms with Gasteiger partial charge >= 0.3 is 5.97 Å². The summed E-state index contributed by atoms with van der Waals surface area (Å²) < 4.78 is 0. The van der Waals surface area contributed by atoms with Gasteiger partial charge in [-0.2, -0.15) is 0 Å². The van der Waals surface area contributed by atoms with Crippen LogP contribution in [0.5, 0.6) is 0 Å². The van der Waals surface area contributed by atoms with Crippen LogP contribution in [0.1, 0.15) is 18.9 Å². The Balaban J connectivity index is 2.28. The van der Waals surface area contributed by atoms with Crippen molar-refractivity contribution in [1.29, 1.82) is 0 Å². The van der Waals surface area contributed by atoms with E-state index in [9.17, 15) is 9.90 Å². The maximum atomic E-state index is 11.2. The van der Waals surface area contributed by atoms with E-state index in [1.54, 1.807) is 6.20 Å². The van der Waals surface area contributed by atoms with E-state index in [1.165, 1.54) is 0 Å². The van der Waals surface area contributed by atoms with Gasteiger partial charge in [-0.3, -0.25) is 14.7 Å². The number of aliphatic carboxylic acids is 1. The van der Waals surface area contributed by atoms with E-state index in [1.807, 2.05) is 49.2 Å². The molecule has 0 saturated carbocycles. The number of fused-ring (bicyclic) bond motifs is 1. The molecule has 1 atom stereocenters. The monoisotopic (exact) mass is 258 g/mol. The van der Waals surface area contributed by atoms with E-state index in [-0.39, 0.29) is 0 Å². The smallest absolute Gasteiger partial charge is 0.320 e. The molecule has 4 nitrogen and oxygen atoms in total. The van der Waals surface area contributed by atoms with Crippen LogP contribution >= 0.6 is 0 Å². The van der Waals surface area contributed by atoms with Crippen molar-refractivity contribution in [1.82, 2.24) is 9.88 Å². The normalized spacial score (nSPS) is 12.8. The van der Waals surface area contributed by atoms with Crippen LogP contribution in [0.2, 0.25) is 0 Å².